The molecule has 0 spiro atoms. The van der Waals surface area contributed by atoms with Crippen molar-refractivity contribution >= 4 is 5.97 Å². The third-order valence-electron chi connectivity index (χ3n) is 3.84. The van der Waals surface area contributed by atoms with Crippen LogP contribution in [0.15, 0.2) is 46.9 Å². The number of carbonyl (C=O) groups excluding carboxylic acids is 1. The maximum atomic E-state index is 12.2. The monoisotopic (exact) mass is 352 g/mol. The lowest BCUT2D eigenvalue weighted by atomic mass is 10.1. The largest absolute Gasteiger partial charge is 0.486 e. The molecule has 1 aromatic heterocycles. The molecule has 7 nitrogen and oxygen atoms in total. The molecule has 0 aliphatic carbocycles. The van der Waals surface area contributed by atoms with E-state index in [9.17, 15) is 4.79 Å². The highest BCUT2D eigenvalue weighted by atomic mass is 16.6. The number of aryl methyl sites for hydroxylation is 1. The SMILES string of the molecule is Cc1cccc(-c2nnc(COC(=O)c3ccc4c(c3)OCCO4)o2)c1. The molecular formula is C19H16N2O5. The van der Waals surface area contributed by atoms with E-state index in [1.807, 2.05) is 31.2 Å². The molecule has 132 valence electrons. The molecule has 3 aromatic rings. The minimum atomic E-state index is -0.503. The van der Waals surface area contributed by atoms with Crippen molar-refractivity contribution in [3.8, 4) is 23.0 Å². The van der Waals surface area contributed by atoms with Gasteiger partial charge < -0.3 is 18.6 Å². The van der Waals surface area contributed by atoms with Gasteiger partial charge in [-0.1, -0.05) is 17.7 Å². The summed E-state index contributed by atoms with van der Waals surface area (Å²) < 4.78 is 21.7. The van der Waals surface area contributed by atoms with Crippen molar-refractivity contribution in [1.82, 2.24) is 10.2 Å². The second-order valence-electron chi connectivity index (χ2n) is 5.81. The molecule has 7 heteroatoms. The summed E-state index contributed by atoms with van der Waals surface area (Å²) in [5, 5.41) is 7.91. The number of nitrogens with zero attached hydrogens (tertiary/aromatic N) is 2. The number of rotatable bonds is 4. The van der Waals surface area contributed by atoms with E-state index >= 15 is 0 Å². The minimum Gasteiger partial charge on any atom is -0.486 e. The molecule has 0 saturated carbocycles. The predicted molar refractivity (Wildman–Crippen MR) is 91.0 cm³/mol. The highest BCUT2D eigenvalue weighted by Gasteiger charge is 2.17. The quantitative estimate of drug-likeness (QED) is 0.667. The molecule has 2 aromatic carbocycles. The minimum absolute atomic E-state index is 0.105. The fraction of sp³-hybridized carbons (Fsp3) is 0.211. The van der Waals surface area contributed by atoms with E-state index in [4.69, 9.17) is 18.6 Å². The highest BCUT2D eigenvalue weighted by Crippen LogP contribution is 2.31. The molecule has 26 heavy (non-hydrogen) atoms. The van der Waals surface area contributed by atoms with Gasteiger partial charge in [-0.05, 0) is 37.3 Å². The highest BCUT2D eigenvalue weighted by molar-refractivity contribution is 5.90. The average molecular weight is 352 g/mol. The van der Waals surface area contributed by atoms with Crippen LogP contribution in [0.3, 0.4) is 0 Å². The number of ether oxygens (including phenoxy) is 3. The van der Waals surface area contributed by atoms with Crippen LogP contribution in [-0.4, -0.2) is 29.4 Å². The Morgan fingerprint density at radius 1 is 1.08 bits per heavy atom. The maximum Gasteiger partial charge on any atom is 0.338 e. The summed E-state index contributed by atoms with van der Waals surface area (Å²) in [7, 11) is 0. The van der Waals surface area contributed by atoms with Crippen molar-refractivity contribution in [2.45, 2.75) is 13.5 Å². The third kappa shape index (κ3) is 3.37. The lowest BCUT2D eigenvalue weighted by Crippen LogP contribution is -2.16. The van der Waals surface area contributed by atoms with Crippen LogP contribution in [0.1, 0.15) is 21.8 Å². The van der Waals surface area contributed by atoms with Crippen LogP contribution in [0.4, 0.5) is 0 Å². The Hall–Kier alpha value is -3.35. The number of carbonyl (C=O) groups is 1. The van der Waals surface area contributed by atoms with Crippen LogP contribution >= 0.6 is 0 Å². The van der Waals surface area contributed by atoms with Crippen LogP contribution < -0.4 is 9.47 Å². The van der Waals surface area contributed by atoms with Gasteiger partial charge in [-0.2, -0.15) is 0 Å². The molecule has 0 bridgehead atoms. The second-order valence-corrected chi connectivity index (χ2v) is 5.81. The van der Waals surface area contributed by atoms with Crippen molar-refractivity contribution in [2.24, 2.45) is 0 Å². The topological polar surface area (TPSA) is 83.7 Å². The lowest BCUT2D eigenvalue weighted by Gasteiger charge is -2.18. The summed E-state index contributed by atoms with van der Waals surface area (Å²) >= 11 is 0. The van der Waals surface area contributed by atoms with E-state index < -0.39 is 5.97 Å². The Morgan fingerprint density at radius 2 is 1.92 bits per heavy atom. The van der Waals surface area contributed by atoms with Gasteiger partial charge in [-0.15, -0.1) is 10.2 Å². The van der Waals surface area contributed by atoms with Gasteiger partial charge in [0.1, 0.15) is 13.2 Å². The zero-order chi connectivity index (χ0) is 17.9. The molecular weight excluding hydrogens is 336 g/mol. The van der Waals surface area contributed by atoms with E-state index in [1.165, 1.54) is 0 Å². The standard InChI is InChI=1S/C19H16N2O5/c1-12-3-2-4-13(9-12)18-21-20-17(26-18)11-25-19(22)14-5-6-15-16(10-14)24-8-7-23-15/h2-6,9-10H,7-8,11H2,1H3. The van der Waals surface area contributed by atoms with E-state index in [1.54, 1.807) is 18.2 Å². The number of hydrogen-bond donors (Lipinski definition) is 0. The molecule has 0 amide bonds. The molecule has 0 fully saturated rings. The first-order chi connectivity index (χ1) is 12.7. The van der Waals surface area contributed by atoms with Crippen LogP contribution in [0.25, 0.3) is 11.5 Å². The number of aromatic nitrogens is 2. The van der Waals surface area contributed by atoms with Gasteiger partial charge in [0.25, 0.3) is 5.89 Å². The molecule has 0 saturated heterocycles. The lowest BCUT2D eigenvalue weighted by molar-refractivity contribution is 0.0437. The Labute approximate surface area is 149 Å². The van der Waals surface area contributed by atoms with Crippen molar-refractivity contribution in [3.05, 3.63) is 59.5 Å². The van der Waals surface area contributed by atoms with Gasteiger partial charge in [0.2, 0.25) is 5.89 Å². The summed E-state index contributed by atoms with van der Waals surface area (Å²) in [6.45, 7) is 2.83. The average Bonchev–Trinajstić information content (AvgIpc) is 3.15. The third-order valence-corrected chi connectivity index (χ3v) is 3.84. The number of fused-ring (bicyclic) bond motifs is 1. The summed E-state index contributed by atoms with van der Waals surface area (Å²) in [6.07, 6.45) is 0. The normalized spacial score (nSPS) is 12.7. The van der Waals surface area contributed by atoms with Crippen LogP contribution in [0, 0.1) is 6.92 Å². The van der Waals surface area contributed by atoms with Crippen molar-refractivity contribution in [3.63, 3.8) is 0 Å². The first-order valence-electron chi connectivity index (χ1n) is 8.15. The van der Waals surface area contributed by atoms with E-state index in [-0.39, 0.29) is 12.5 Å². The van der Waals surface area contributed by atoms with Gasteiger partial charge in [0, 0.05) is 5.56 Å². The van der Waals surface area contributed by atoms with E-state index in [2.05, 4.69) is 10.2 Å². The summed E-state index contributed by atoms with van der Waals surface area (Å²) in [6, 6.07) is 12.6. The van der Waals surface area contributed by atoms with E-state index in [0.29, 0.717) is 36.2 Å². The van der Waals surface area contributed by atoms with Gasteiger partial charge in [-0.3, -0.25) is 0 Å². The zero-order valence-corrected chi connectivity index (χ0v) is 14.1. The van der Waals surface area contributed by atoms with Crippen LogP contribution in [0.2, 0.25) is 0 Å². The number of benzene rings is 2. The maximum absolute atomic E-state index is 12.2. The Kier molecular flexibility index (Phi) is 4.27. The van der Waals surface area contributed by atoms with Crippen LogP contribution in [-0.2, 0) is 11.3 Å². The fourth-order valence-corrected chi connectivity index (χ4v) is 2.59. The molecule has 2 heterocycles. The fourth-order valence-electron chi connectivity index (χ4n) is 2.59. The zero-order valence-electron chi connectivity index (χ0n) is 14.1. The first-order valence-corrected chi connectivity index (χ1v) is 8.15. The van der Waals surface area contributed by atoms with Crippen molar-refractivity contribution < 1.29 is 23.4 Å². The van der Waals surface area contributed by atoms with Gasteiger partial charge in [-0.25, -0.2) is 4.79 Å². The molecule has 1 aliphatic heterocycles. The molecule has 1 aliphatic rings. The molecule has 0 radical (unpaired) electrons. The summed E-state index contributed by atoms with van der Waals surface area (Å²) in [4.78, 5) is 12.2. The molecule has 4 rings (SSSR count). The Balaban J connectivity index is 1.42. The van der Waals surface area contributed by atoms with Crippen molar-refractivity contribution in [1.29, 1.82) is 0 Å². The van der Waals surface area contributed by atoms with E-state index in [0.717, 1.165) is 11.1 Å². The smallest absolute Gasteiger partial charge is 0.338 e. The Morgan fingerprint density at radius 3 is 2.77 bits per heavy atom. The summed E-state index contributed by atoms with van der Waals surface area (Å²) in [5.41, 5.74) is 2.28. The molecule has 0 N–H and O–H groups in total. The van der Waals surface area contributed by atoms with Crippen molar-refractivity contribution in [2.75, 3.05) is 13.2 Å². The summed E-state index contributed by atoms with van der Waals surface area (Å²) in [5.74, 6) is 1.27. The number of esters is 1. The first kappa shape index (κ1) is 16.1. The van der Waals surface area contributed by atoms with Gasteiger partial charge >= 0.3 is 5.97 Å². The number of hydrogen-bond acceptors (Lipinski definition) is 7. The predicted octanol–water partition coefficient (Wildman–Crippen LogP) is 3.17. The molecule has 0 unspecified atom stereocenters. The van der Waals surface area contributed by atoms with Gasteiger partial charge in [0.05, 0.1) is 5.56 Å². The van der Waals surface area contributed by atoms with Gasteiger partial charge in [0.15, 0.2) is 18.1 Å². The Bertz CT molecular complexity index is 951. The van der Waals surface area contributed by atoms with Crippen LogP contribution in [0.5, 0.6) is 11.5 Å². The molecule has 0 atom stereocenters. The second kappa shape index (κ2) is 6.87.